The van der Waals surface area contributed by atoms with Crippen molar-refractivity contribution >= 4 is 5.97 Å². The van der Waals surface area contributed by atoms with Gasteiger partial charge in [-0.25, -0.2) is 0 Å². The summed E-state index contributed by atoms with van der Waals surface area (Å²) in [4.78, 5) is 10.6. The topological polar surface area (TPSA) is 44.8 Å². The molecule has 0 N–H and O–H groups in total. The quantitative estimate of drug-likeness (QED) is 0.536. The monoisotopic (exact) mass is 260 g/mol. The molecule has 0 rings (SSSR count). The fourth-order valence-corrected chi connectivity index (χ4v) is 1.93. The number of carbonyl (C=O) groups is 1. The van der Waals surface area contributed by atoms with Gasteiger partial charge in [0.1, 0.15) is 0 Å². The Morgan fingerprint density at radius 2 is 1.78 bits per heavy atom. The molecular formula is C14H28O4. The molecule has 0 aromatic carbocycles. The zero-order valence-electron chi connectivity index (χ0n) is 12.2. The van der Waals surface area contributed by atoms with Crippen LogP contribution in [0.15, 0.2) is 0 Å². The Bertz CT molecular complexity index is 206. The van der Waals surface area contributed by atoms with Crippen LogP contribution >= 0.6 is 0 Å². The van der Waals surface area contributed by atoms with Gasteiger partial charge in [0, 0.05) is 27.1 Å². The number of hydrogen-bond donors (Lipinski definition) is 0. The van der Waals surface area contributed by atoms with E-state index in [1.807, 2.05) is 6.92 Å². The van der Waals surface area contributed by atoms with E-state index < -0.39 is 0 Å². The Balaban J connectivity index is 3.68. The first-order chi connectivity index (χ1) is 8.63. The zero-order chi connectivity index (χ0) is 13.8. The maximum absolute atomic E-state index is 10.6. The molecule has 4 heteroatoms. The molecule has 0 spiro atoms. The Morgan fingerprint density at radius 1 is 1.11 bits per heavy atom. The molecule has 0 aromatic rings. The highest BCUT2D eigenvalue weighted by atomic mass is 16.5. The van der Waals surface area contributed by atoms with Gasteiger partial charge in [0.2, 0.25) is 0 Å². The summed E-state index contributed by atoms with van der Waals surface area (Å²) in [6, 6.07) is 0. The Kier molecular flexibility index (Phi) is 11.1. The van der Waals surface area contributed by atoms with E-state index in [-0.39, 0.29) is 12.1 Å². The summed E-state index contributed by atoms with van der Waals surface area (Å²) in [5, 5.41) is 0. The first-order valence-electron chi connectivity index (χ1n) is 6.91. The normalized spacial score (nSPS) is 14.2. The minimum absolute atomic E-state index is 0.170. The van der Waals surface area contributed by atoms with Gasteiger partial charge in [-0.2, -0.15) is 0 Å². The highest BCUT2D eigenvalue weighted by molar-refractivity contribution is 5.65. The van der Waals surface area contributed by atoms with Gasteiger partial charge in [-0.05, 0) is 32.6 Å². The van der Waals surface area contributed by atoms with E-state index in [0.29, 0.717) is 12.7 Å². The summed E-state index contributed by atoms with van der Waals surface area (Å²) in [7, 11) is 1.71. The van der Waals surface area contributed by atoms with E-state index >= 15 is 0 Å². The lowest BCUT2D eigenvalue weighted by molar-refractivity contribution is -0.141. The smallest absolute Gasteiger partial charge is 0.302 e. The Hall–Kier alpha value is -0.610. The number of hydrogen-bond acceptors (Lipinski definition) is 4. The highest BCUT2D eigenvalue weighted by Crippen LogP contribution is 2.13. The number of ether oxygens (including phenoxy) is 3. The maximum atomic E-state index is 10.6. The summed E-state index contributed by atoms with van der Waals surface area (Å²) in [5.41, 5.74) is 0. The van der Waals surface area contributed by atoms with Crippen molar-refractivity contribution in [3.8, 4) is 0 Å². The molecule has 0 amide bonds. The fraction of sp³-hybridized carbons (Fsp3) is 0.929. The first kappa shape index (κ1) is 17.4. The van der Waals surface area contributed by atoms with Crippen molar-refractivity contribution in [2.45, 2.75) is 65.1 Å². The lowest BCUT2D eigenvalue weighted by Gasteiger charge is -2.18. The molecule has 2 atom stereocenters. The molecule has 0 aliphatic carbocycles. The van der Waals surface area contributed by atoms with Crippen LogP contribution in [0.2, 0.25) is 0 Å². The van der Waals surface area contributed by atoms with Gasteiger partial charge in [-0.15, -0.1) is 0 Å². The number of esters is 1. The molecule has 0 heterocycles. The third-order valence-electron chi connectivity index (χ3n) is 2.99. The largest absolute Gasteiger partial charge is 0.466 e. The molecule has 0 fully saturated rings. The first-order valence-corrected chi connectivity index (χ1v) is 6.91. The predicted octanol–water partition coefficient (Wildman–Crippen LogP) is 2.94. The second kappa shape index (κ2) is 11.5. The van der Waals surface area contributed by atoms with Crippen LogP contribution in [0, 0.1) is 0 Å². The van der Waals surface area contributed by atoms with E-state index in [1.54, 1.807) is 7.11 Å². The lowest BCUT2D eigenvalue weighted by Crippen LogP contribution is -2.17. The van der Waals surface area contributed by atoms with Crippen LogP contribution in [-0.2, 0) is 19.0 Å². The van der Waals surface area contributed by atoms with E-state index in [2.05, 4.69) is 6.92 Å². The third-order valence-corrected chi connectivity index (χ3v) is 2.99. The van der Waals surface area contributed by atoms with Crippen molar-refractivity contribution in [2.75, 3.05) is 20.3 Å². The highest BCUT2D eigenvalue weighted by Gasteiger charge is 2.11. The molecule has 0 aromatic heterocycles. The molecule has 0 radical (unpaired) electrons. The van der Waals surface area contributed by atoms with Crippen molar-refractivity contribution in [1.82, 2.24) is 0 Å². The summed E-state index contributed by atoms with van der Waals surface area (Å²) < 4.78 is 15.9. The van der Waals surface area contributed by atoms with Gasteiger partial charge in [0.05, 0.1) is 18.8 Å². The van der Waals surface area contributed by atoms with Gasteiger partial charge in [0.25, 0.3) is 0 Å². The third kappa shape index (κ3) is 9.42. The van der Waals surface area contributed by atoms with E-state index in [4.69, 9.17) is 14.2 Å². The van der Waals surface area contributed by atoms with Crippen molar-refractivity contribution in [3.05, 3.63) is 0 Å². The lowest BCUT2D eigenvalue weighted by atomic mass is 10.1. The van der Waals surface area contributed by atoms with Crippen LogP contribution in [-0.4, -0.2) is 38.5 Å². The van der Waals surface area contributed by atoms with Crippen LogP contribution in [0.1, 0.15) is 52.9 Å². The van der Waals surface area contributed by atoms with E-state index in [9.17, 15) is 4.79 Å². The van der Waals surface area contributed by atoms with Gasteiger partial charge in [0.15, 0.2) is 0 Å². The van der Waals surface area contributed by atoms with Crippen LogP contribution < -0.4 is 0 Å². The standard InChI is InChI=1S/C14H28O4/c1-5-13(17-6-2)8-7-9-14(16-4)10-11-18-12(3)15/h13-14H,5-11H2,1-4H3. The van der Waals surface area contributed by atoms with Crippen molar-refractivity contribution in [2.24, 2.45) is 0 Å². The molecular weight excluding hydrogens is 232 g/mol. The van der Waals surface area contributed by atoms with Gasteiger partial charge in [-0.1, -0.05) is 6.92 Å². The second-order valence-electron chi connectivity index (χ2n) is 4.40. The van der Waals surface area contributed by atoms with Crippen molar-refractivity contribution in [3.63, 3.8) is 0 Å². The zero-order valence-corrected chi connectivity index (χ0v) is 12.2. The summed E-state index contributed by atoms with van der Waals surface area (Å²) >= 11 is 0. The molecule has 0 saturated heterocycles. The molecule has 0 aliphatic rings. The molecule has 108 valence electrons. The van der Waals surface area contributed by atoms with Crippen LogP contribution in [0.25, 0.3) is 0 Å². The molecule has 18 heavy (non-hydrogen) atoms. The molecule has 0 aliphatic heterocycles. The molecule has 0 saturated carbocycles. The van der Waals surface area contributed by atoms with Crippen LogP contribution in [0.5, 0.6) is 0 Å². The number of methoxy groups -OCH3 is 1. The van der Waals surface area contributed by atoms with Gasteiger partial charge >= 0.3 is 5.97 Å². The molecule has 0 bridgehead atoms. The number of carbonyl (C=O) groups excluding carboxylic acids is 1. The van der Waals surface area contributed by atoms with Gasteiger partial charge in [-0.3, -0.25) is 4.79 Å². The SMILES string of the molecule is CCOC(CC)CCCC(CCOC(C)=O)OC. The maximum Gasteiger partial charge on any atom is 0.302 e. The van der Waals surface area contributed by atoms with E-state index in [1.165, 1.54) is 6.92 Å². The van der Waals surface area contributed by atoms with Gasteiger partial charge < -0.3 is 14.2 Å². The fourth-order valence-electron chi connectivity index (χ4n) is 1.93. The number of rotatable bonds is 11. The molecule has 2 unspecified atom stereocenters. The van der Waals surface area contributed by atoms with E-state index in [0.717, 1.165) is 38.7 Å². The second-order valence-corrected chi connectivity index (χ2v) is 4.40. The summed E-state index contributed by atoms with van der Waals surface area (Å²) in [6.45, 7) is 6.82. The average Bonchev–Trinajstić information content (AvgIpc) is 2.35. The summed E-state index contributed by atoms with van der Waals surface area (Å²) in [5.74, 6) is -0.229. The summed E-state index contributed by atoms with van der Waals surface area (Å²) in [6.07, 6.45) is 5.49. The van der Waals surface area contributed by atoms with Crippen LogP contribution in [0.4, 0.5) is 0 Å². The van der Waals surface area contributed by atoms with Crippen LogP contribution in [0.3, 0.4) is 0 Å². The average molecular weight is 260 g/mol. The minimum Gasteiger partial charge on any atom is -0.466 e. The van der Waals surface area contributed by atoms with Crippen molar-refractivity contribution < 1.29 is 19.0 Å². The molecule has 4 nitrogen and oxygen atoms in total. The van der Waals surface area contributed by atoms with Crippen molar-refractivity contribution in [1.29, 1.82) is 0 Å². The Labute approximate surface area is 111 Å². The minimum atomic E-state index is -0.229. The predicted molar refractivity (Wildman–Crippen MR) is 71.6 cm³/mol. The Morgan fingerprint density at radius 3 is 2.28 bits per heavy atom.